The summed E-state index contributed by atoms with van der Waals surface area (Å²) in [5.41, 5.74) is 10.1. The van der Waals surface area contributed by atoms with Gasteiger partial charge in [0.2, 0.25) is 0 Å². The number of para-hydroxylation sites is 1. The maximum atomic E-state index is 6.48. The molecule has 0 aliphatic rings. The van der Waals surface area contributed by atoms with Crippen molar-refractivity contribution in [3.05, 3.63) is 176 Å². The largest absolute Gasteiger partial charge is 0.456 e. The van der Waals surface area contributed by atoms with Gasteiger partial charge < -0.3 is 9.32 Å². The van der Waals surface area contributed by atoms with Crippen LogP contribution in [0.3, 0.4) is 0 Å². The Balaban J connectivity index is 1.24. The summed E-state index contributed by atoms with van der Waals surface area (Å²) in [5.74, 6) is 0. The summed E-state index contributed by atoms with van der Waals surface area (Å²) in [4.78, 5) is 2.48. The van der Waals surface area contributed by atoms with Gasteiger partial charge >= 0.3 is 0 Å². The van der Waals surface area contributed by atoms with E-state index >= 15 is 0 Å². The van der Waals surface area contributed by atoms with E-state index in [2.05, 4.69) is 175 Å². The maximum Gasteiger partial charge on any atom is 0.137 e. The zero-order valence-electron chi connectivity index (χ0n) is 27.9. The molecule has 244 valence electrons. The van der Waals surface area contributed by atoms with Crippen LogP contribution in [0.25, 0.3) is 84.5 Å². The van der Waals surface area contributed by atoms with E-state index in [1.54, 1.807) is 0 Å². The standard InChI is InChI=1S/C48H29NOS2/c1-3-13-30(14-4-1)33-19-11-20-35-38-29-32(25-28-44(38)51-47(33)35)49(39-21-12-23-42-45(39)36-17-7-9-22-41(36)50-42)40-27-26-34(31-15-5-2-6-16-31)48-46(40)37-18-8-10-24-43(37)52-48/h1-29H. The highest BCUT2D eigenvalue weighted by atomic mass is 32.1. The van der Waals surface area contributed by atoms with Gasteiger partial charge in [-0.05, 0) is 70.8 Å². The zero-order valence-corrected chi connectivity index (χ0v) is 29.5. The van der Waals surface area contributed by atoms with Gasteiger partial charge in [0.05, 0.1) is 16.8 Å². The molecule has 0 aliphatic carbocycles. The van der Waals surface area contributed by atoms with Crippen molar-refractivity contribution >= 4 is 102 Å². The second kappa shape index (κ2) is 11.7. The smallest absolute Gasteiger partial charge is 0.137 e. The summed E-state index contributed by atoms with van der Waals surface area (Å²) in [6, 6.07) is 63.6. The van der Waals surface area contributed by atoms with Crippen LogP contribution >= 0.6 is 22.7 Å². The van der Waals surface area contributed by atoms with Crippen molar-refractivity contribution in [2.45, 2.75) is 0 Å². The fourth-order valence-electron chi connectivity index (χ4n) is 7.96. The van der Waals surface area contributed by atoms with E-state index in [1.165, 1.54) is 62.6 Å². The van der Waals surface area contributed by atoms with Crippen LogP contribution in [0.2, 0.25) is 0 Å². The Bertz CT molecular complexity index is 3130. The third kappa shape index (κ3) is 4.48. The molecule has 4 heteroatoms. The highest BCUT2D eigenvalue weighted by Gasteiger charge is 2.24. The van der Waals surface area contributed by atoms with Gasteiger partial charge in [-0.3, -0.25) is 0 Å². The number of rotatable bonds is 5. The molecule has 0 saturated carbocycles. The Labute approximate surface area is 308 Å². The van der Waals surface area contributed by atoms with E-state index in [4.69, 9.17) is 4.42 Å². The number of anilines is 3. The fourth-order valence-corrected chi connectivity index (χ4v) is 10.4. The predicted octanol–water partition coefficient (Wildman–Crippen LogP) is 15.1. The number of hydrogen-bond donors (Lipinski definition) is 0. The molecule has 3 heterocycles. The van der Waals surface area contributed by atoms with Crippen LogP contribution < -0.4 is 4.90 Å². The monoisotopic (exact) mass is 699 g/mol. The van der Waals surface area contributed by atoms with Gasteiger partial charge in [-0.2, -0.15) is 0 Å². The summed E-state index contributed by atoms with van der Waals surface area (Å²) < 4.78 is 11.6. The molecule has 0 amide bonds. The molecule has 11 aromatic rings. The number of benzene rings is 8. The maximum absolute atomic E-state index is 6.48. The highest BCUT2D eigenvalue weighted by molar-refractivity contribution is 7.26. The zero-order chi connectivity index (χ0) is 34.2. The van der Waals surface area contributed by atoms with Crippen molar-refractivity contribution in [1.29, 1.82) is 0 Å². The summed E-state index contributed by atoms with van der Waals surface area (Å²) in [6.07, 6.45) is 0. The minimum Gasteiger partial charge on any atom is -0.456 e. The van der Waals surface area contributed by atoms with Gasteiger partial charge in [0, 0.05) is 51.4 Å². The quantitative estimate of drug-likeness (QED) is 0.178. The average Bonchev–Trinajstić information content (AvgIpc) is 3.90. The van der Waals surface area contributed by atoms with E-state index in [0.29, 0.717) is 0 Å². The van der Waals surface area contributed by atoms with E-state index < -0.39 is 0 Å². The molecule has 0 saturated heterocycles. The van der Waals surface area contributed by atoms with Gasteiger partial charge in [0.1, 0.15) is 11.2 Å². The fraction of sp³-hybridized carbons (Fsp3) is 0. The van der Waals surface area contributed by atoms with Crippen LogP contribution in [0.4, 0.5) is 17.1 Å². The van der Waals surface area contributed by atoms with Gasteiger partial charge in [0.15, 0.2) is 0 Å². The Morgan fingerprint density at radius 1 is 0.385 bits per heavy atom. The molecule has 0 radical (unpaired) electrons. The lowest BCUT2D eigenvalue weighted by molar-refractivity contribution is 0.669. The summed E-state index contributed by atoms with van der Waals surface area (Å²) in [6.45, 7) is 0. The van der Waals surface area contributed by atoms with Crippen LogP contribution in [0.15, 0.2) is 180 Å². The summed E-state index contributed by atoms with van der Waals surface area (Å²) >= 11 is 3.75. The topological polar surface area (TPSA) is 16.4 Å². The van der Waals surface area contributed by atoms with Crippen LogP contribution in [0.1, 0.15) is 0 Å². The molecule has 0 aliphatic heterocycles. The first-order chi connectivity index (χ1) is 25.8. The Hall–Kier alpha value is -6.20. The molecular formula is C48H29NOS2. The average molecular weight is 700 g/mol. The second-order valence-electron chi connectivity index (χ2n) is 13.2. The van der Waals surface area contributed by atoms with Crippen LogP contribution in [-0.4, -0.2) is 0 Å². The normalized spacial score (nSPS) is 11.8. The first-order valence-electron chi connectivity index (χ1n) is 17.5. The van der Waals surface area contributed by atoms with Crippen molar-refractivity contribution < 1.29 is 4.42 Å². The third-order valence-electron chi connectivity index (χ3n) is 10.3. The lowest BCUT2D eigenvalue weighted by Crippen LogP contribution is -2.11. The SMILES string of the molecule is c1ccc(-c2cccc3c2sc2ccc(N(c4cccc5oc6ccccc6c45)c4ccc(-c5ccccc5)c5sc6ccccc6c45)cc23)cc1. The number of nitrogens with zero attached hydrogens (tertiary/aromatic N) is 1. The number of thiophene rings is 2. The van der Waals surface area contributed by atoms with E-state index in [0.717, 1.165) is 39.0 Å². The van der Waals surface area contributed by atoms with E-state index in [1.807, 2.05) is 28.7 Å². The predicted molar refractivity (Wildman–Crippen MR) is 225 cm³/mol. The molecule has 0 fully saturated rings. The van der Waals surface area contributed by atoms with Gasteiger partial charge in [-0.1, -0.05) is 127 Å². The summed E-state index contributed by atoms with van der Waals surface area (Å²) in [7, 11) is 0. The molecule has 0 atom stereocenters. The number of furan rings is 1. The van der Waals surface area contributed by atoms with Gasteiger partial charge in [-0.25, -0.2) is 0 Å². The molecule has 0 N–H and O–H groups in total. The van der Waals surface area contributed by atoms with Crippen LogP contribution in [0.5, 0.6) is 0 Å². The van der Waals surface area contributed by atoms with Crippen LogP contribution in [0, 0.1) is 0 Å². The van der Waals surface area contributed by atoms with Gasteiger partial charge in [0.25, 0.3) is 0 Å². The molecule has 8 aromatic carbocycles. The van der Waals surface area contributed by atoms with Crippen molar-refractivity contribution in [3.8, 4) is 22.3 Å². The molecule has 11 rings (SSSR count). The lowest BCUT2D eigenvalue weighted by Gasteiger charge is -2.28. The molecule has 2 nitrogen and oxygen atoms in total. The number of fused-ring (bicyclic) bond motifs is 9. The molecule has 0 unspecified atom stereocenters. The Morgan fingerprint density at radius 3 is 1.83 bits per heavy atom. The van der Waals surface area contributed by atoms with Crippen molar-refractivity contribution in [2.75, 3.05) is 4.90 Å². The third-order valence-corrected chi connectivity index (χ3v) is 12.7. The first kappa shape index (κ1) is 29.5. The Morgan fingerprint density at radius 2 is 1.00 bits per heavy atom. The van der Waals surface area contributed by atoms with E-state index in [9.17, 15) is 0 Å². The molecule has 3 aromatic heterocycles. The van der Waals surface area contributed by atoms with E-state index in [-0.39, 0.29) is 0 Å². The number of hydrogen-bond acceptors (Lipinski definition) is 4. The van der Waals surface area contributed by atoms with Gasteiger partial charge in [-0.15, -0.1) is 22.7 Å². The Kier molecular flexibility index (Phi) is 6.63. The lowest BCUT2D eigenvalue weighted by atomic mass is 9.99. The second-order valence-corrected chi connectivity index (χ2v) is 15.3. The highest BCUT2D eigenvalue weighted by Crippen LogP contribution is 2.51. The van der Waals surface area contributed by atoms with Crippen molar-refractivity contribution in [3.63, 3.8) is 0 Å². The van der Waals surface area contributed by atoms with Crippen LogP contribution in [-0.2, 0) is 0 Å². The minimum absolute atomic E-state index is 0.880. The minimum atomic E-state index is 0.880. The molecule has 52 heavy (non-hydrogen) atoms. The molecule has 0 spiro atoms. The van der Waals surface area contributed by atoms with Crippen molar-refractivity contribution in [1.82, 2.24) is 0 Å². The molecule has 0 bridgehead atoms. The van der Waals surface area contributed by atoms with Crippen molar-refractivity contribution in [2.24, 2.45) is 0 Å². The molecular weight excluding hydrogens is 671 g/mol. The first-order valence-corrected chi connectivity index (χ1v) is 19.1. The summed E-state index contributed by atoms with van der Waals surface area (Å²) in [5, 5.41) is 7.28.